The molecule has 1 aliphatic rings. The van der Waals surface area contributed by atoms with Gasteiger partial charge < -0.3 is 4.90 Å². The van der Waals surface area contributed by atoms with Crippen molar-refractivity contribution in [3.63, 3.8) is 0 Å². The molecule has 2 nitrogen and oxygen atoms in total. The number of rotatable bonds is 5. The Balaban J connectivity index is 2.23. The smallest absolute Gasteiger partial charge is 0.129 e. The minimum Gasteiger partial charge on any atom is -0.357 e. The van der Waals surface area contributed by atoms with Gasteiger partial charge in [-0.25, -0.2) is 4.98 Å². The molecule has 0 spiro atoms. The molecule has 1 aromatic heterocycles. The van der Waals surface area contributed by atoms with E-state index in [2.05, 4.69) is 37.9 Å². The van der Waals surface area contributed by atoms with Gasteiger partial charge in [-0.3, -0.25) is 0 Å². The van der Waals surface area contributed by atoms with Crippen molar-refractivity contribution in [1.29, 1.82) is 0 Å². The zero-order valence-electron chi connectivity index (χ0n) is 10.9. The van der Waals surface area contributed by atoms with Gasteiger partial charge in [-0.15, -0.1) is 11.6 Å². The van der Waals surface area contributed by atoms with Gasteiger partial charge in [-0.05, 0) is 49.8 Å². The van der Waals surface area contributed by atoms with E-state index in [1.165, 1.54) is 18.4 Å². The summed E-state index contributed by atoms with van der Waals surface area (Å²) in [5.41, 5.74) is 2.30. The maximum atomic E-state index is 5.94. The van der Waals surface area contributed by atoms with Crippen LogP contribution >= 0.6 is 11.6 Å². The van der Waals surface area contributed by atoms with Crippen molar-refractivity contribution in [3.8, 4) is 0 Å². The van der Waals surface area contributed by atoms with Crippen LogP contribution in [0.4, 0.5) is 5.82 Å². The van der Waals surface area contributed by atoms with Crippen molar-refractivity contribution in [1.82, 2.24) is 4.98 Å². The molecule has 0 N–H and O–H groups in total. The monoisotopic (exact) mass is 252 g/mol. The molecule has 94 valence electrons. The molecule has 1 saturated carbocycles. The fourth-order valence-corrected chi connectivity index (χ4v) is 2.33. The number of alkyl halides is 1. The summed E-state index contributed by atoms with van der Waals surface area (Å²) in [6.07, 6.45) is 3.69. The first-order chi connectivity index (χ1) is 8.15. The minimum absolute atomic E-state index is 0.564. The SMILES string of the molecule is CCc1cc(CCl)cc(N(C)C(C)C2CC2)n1. The van der Waals surface area contributed by atoms with Crippen LogP contribution in [0, 0.1) is 5.92 Å². The molecular weight excluding hydrogens is 232 g/mol. The predicted molar refractivity (Wildman–Crippen MR) is 73.8 cm³/mol. The Hall–Kier alpha value is -0.760. The second-order valence-corrected chi connectivity index (χ2v) is 5.27. The highest BCUT2D eigenvalue weighted by atomic mass is 35.5. The second-order valence-electron chi connectivity index (χ2n) is 5.00. The molecule has 1 aliphatic carbocycles. The molecule has 0 aromatic carbocycles. The van der Waals surface area contributed by atoms with Gasteiger partial charge in [0.1, 0.15) is 5.82 Å². The van der Waals surface area contributed by atoms with Crippen LogP contribution in [0.3, 0.4) is 0 Å². The van der Waals surface area contributed by atoms with E-state index in [1.807, 2.05) is 0 Å². The van der Waals surface area contributed by atoms with Crippen LogP contribution in [0.25, 0.3) is 0 Å². The van der Waals surface area contributed by atoms with Crippen molar-refractivity contribution >= 4 is 17.4 Å². The van der Waals surface area contributed by atoms with Crippen LogP contribution in [-0.4, -0.2) is 18.1 Å². The number of hydrogen-bond donors (Lipinski definition) is 0. The standard InChI is InChI=1S/C14H21ClN2/c1-4-13-7-11(9-15)8-14(16-13)17(3)10(2)12-5-6-12/h7-8,10,12H,4-6,9H2,1-3H3. The molecule has 0 saturated heterocycles. The topological polar surface area (TPSA) is 16.1 Å². The second kappa shape index (κ2) is 5.26. The lowest BCUT2D eigenvalue weighted by atomic mass is 10.1. The van der Waals surface area contributed by atoms with Crippen LogP contribution < -0.4 is 4.90 Å². The fraction of sp³-hybridized carbons (Fsp3) is 0.643. The minimum atomic E-state index is 0.564. The van der Waals surface area contributed by atoms with E-state index < -0.39 is 0 Å². The first-order valence-corrected chi connectivity index (χ1v) is 6.97. The average Bonchev–Trinajstić information content (AvgIpc) is 3.20. The van der Waals surface area contributed by atoms with Gasteiger partial charge in [0.15, 0.2) is 0 Å². The first kappa shape index (κ1) is 12.7. The Kier molecular flexibility index (Phi) is 3.93. The molecule has 1 unspecified atom stereocenters. The number of aryl methyl sites for hydroxylation is 1. The summed E-state index contributed by atoms with van der Waals surface area (Å²) in [6.45, 7) is 4.42. The highest BCUT2D eigenvalue weighted by Gasteiger charge is 2.31. The number of nitrogens with zero attached hydrogens (tertiary/aromatic N) is 2. The molecule has 0 amide bonds. The normalized spacial score (nSPS) is 16.9. The lowest BCUT2D eigenvalue weighted by Gasteiger charge is -2.26. The zero-order chi connectivity index (χ0) is 12.4. The summed E-state index contributed by atoms with van der Waals surface area (Å²) in [5, 5.41) is 0. The van der Waals surface area contributed by atoms with Crippen LogP contribution in [-0.2, 0) is 12.3 Å². The molecule has 0 bridgehead atoms. The van der Waals surface area contributed by atoms with Crippen LogP contribution in [0.15, 0.2) is 12.1 Å². The maximum Gasteiger partial charge on any atom is 0.129 e. The van der Waals surface area contributed by atoms with Gasteiger partial charge in [0.25, 0.3) is 0 Å². The quantitative estimate of drug-likeness (QED) is 0.745. The molecule has 1 heterocycles. The van der Waals surface area contributed by atoms with Gasteiger partial charge >= 0.3 is 0 Å². The summed E-state index contributed by atoms with van der Waals surface area (Å²) in [4.78, 5) is 7.00. The number of halogens is 1. The molecule has 2 rings (SSSR count). The highest BCUT2D eigenvalue weighted by molar-refractivity contribution is 6.17. The molecule has 1 aromatic rings. The highest BCUT2D eigenvalue weighted by Crippen LogP contribution is 2.36. The van der Waals surface area contributed by atoms with E-state index in [0.717, 1.165) is 23.9 Å². The summed E-state index contributed by atoms with van der Waals surface area (Å²) < 4.78 is 0. The molecular formula is C14H21ClN2. The number of pyridine rings is 1. The Bertz CT molecular complexity index is 366. The zero-order valence-corrected chi connectivity index (χ0v) is 11.7. The summed E-state index contributed by atoms with van der Waals surface area (Å²) in [5.74, 6) is 2.49. The van der Waals surface area contributed by atoms with E-state index in [1.54, 1.807) is 0 Å². The number of hydrogen-bond acceptors (Lipinski definition) is 2. The molecule has 1 fully saturated rings. The van der Waals surface area contributed by atoms with Crippen LogP contribution in [0.2, 0.25) is 0 Å². The van der Waals surface area contributed by atoms with Gasteiger partial charge in [0.2, 0.25) is 0 Å². The van der Waals surface area contributed by atoms with Gasteiger partial charge in [0.05, 0.1) is 0 Å². The molecule has 3 heteroatoms. The summed E-state index contributed by atoms with van der Waals surface area (Å²) >= 11 is 5.94. The van der Waals surface area contributed by atoms with Gasteiger partial charge in [0, 0.05) is 24.7 Å². The molecule has 0 aliphatic heterocycles. The van der Waals surface area contributed by atoms with Crippen molar-refractivity contribution < 1.29 is 0 Å². The molecule has 1 atom stereocenters. The van der Waals surface area contributed by atoms with Crippen LogP contribution in [0.1, 0.15) is 37.9 Å². The van der Waals surface area contributed by atoms with E-state index in [9.17, 15) is 0 Å². The van der Waals surface area contributed by atoms with Crippen molar-refractivity contribution in [2.75, 3.05) is 11.9 Å². The third-order valence-corrected chi connectivity index (χ3v) is 4.03. The number of aromatic nitrogens is 1. The third kappa shape index (κ3) is 2.92. The van der Waals surface area contributed by atoms with Gasteiger partial charge in [-0.2, -0.15) is 0 Å². The predicted octanol–water partition coefficient (Wildman–Crippen LogP) is 3.62. The lowest BCUT2D eigenvalue weighted by molar-refractivity contribution is 0.603. The largest absolute Gasteiger partial charge is 0.357 e. The average molecular weight is 253 g/mol. The summed E-state index contributed by atoms with van der Waals surface area (Å²) in [6, 6.07) is 4.80. The van der Waals surface area contributed by atoms with Crippen molar-refractivity contribution in [2.45, 2.75) is 45.0 Å². The summed E-state index contributed by atoms with van der Waals surface area (Å²) in [7, 11) is 2.14. The lowest BCUT2D eigenvalue weighted by Crippen LogP contribution is -2.31. The Morgan fingerprint density at radius 1 is 1.47 bits per heavy atom. The Morgan fingerprint density at radius 3 is 2.71 bits per heavy atom. The maximum absolute atomic E-state index is 5.94. The van der Waals surface area contributed by atoms with Gasteiger partial charge in [-0.1, -0.05) is 6.92 Å². The van der Waals surface area contributed by atoms with E-state index in [4.69, 9.17) is 16.6 Å². The van der Waals surface area contributed by atoms with Crippen molar-refractivity contribution in [2.24, 2.45) is 5.92 Å². The first-order valence-electron chi connectivity index (χ1n) is 6.44. The fourth-order valence-electron chi connectivity index (χ4n) is 2.18. The molecule has 0 radical (unpaired) electrons. The Labute approximate surface area is 109 Å². The number of anilines is 1. The van der Waals surface area contributed by atoms with Crippen molar-refractivity contribution in [3.05, 3.63) is 23.4 Å². The van der Waals surface area contributed by atoms with Crippen LogP contribution in [0.5, 0.6) is 0 Å². The third-order valence-electron chi connectivity index (χ3n) is 3.72. The Morgan fingerprint density at radius 2 is 2.18 bits per heavy atom. The molecule has 17 heavy (non-hydrogen) atoms. The van der Waals surface area contributed by atoms with E-state index >= 15 is 0 Å². The van der Waals surface area contributed by atoms with E-state index in [-0.39, 0.29) is 0 Å². The van der Waals surface area contributed by atoms with E-state index in [0.29, 0.717) is 11.9 Å².